The topological polar surface area (TPSA) is 46.2 Å². The fraction of sp³-hybridized carbons (Fsp3) is 0.562. The highest BCUT2D eigenvalue weighted by molar-refractivity contribution is 6.30. The van der Waals surface area contributed by atoms with E-state index in [4.69, 9.17) is 0 Å². The minimum absolute atomic E-state index is 0.0507. The van der Waals surface area contributed by atoms with Gasteiger partial charge < -0.3 is 5.32 Å². The standard InChI is InChI=1S/C32H45NO2/c1-2-3-4-5-6-7-8-9-10-11-12-13-14-15-16-19-25-33-29-24-20-23-28-30(29)32(35)27-22-18-17-21-26(27)31(28)34/h17-18,20-24,33H,2-16,19,25H2,1H3. The summed E-state index contributed by atoms with van der Waals surface area (Å²) in [6.07, 6.45) is 21.7. The Morgan fingerprint density at radius 3 is 1.51 bits per heavy atom. The zero-order valence-corrected chi connectivity index (χ0v) is 21.9. The molecule has 2 aromatic rings. The van der Waals surface area contributed by atoms with Crippen molar-refractivity contribution in [3.8, 4) is 0 Å². The summed E-state index contributed by atoms with van der Waals surface area (Å²) in [7, 11) is 0. The summed E-state index contributed by atoms with van der Waals surface area (Å²) in [5.41, 5.74) is 2.87. The highest BCUT2D eigenvalue weighted by Gasteiger charge is 2.31. The van der Waals surface area contributed by atoms with E-state index in [-0.39, 0.29) is 11.6 Å². The molecule has 0 aromatic heterocycles. The number of carbonyl (C=O) groups is 2. The Hall–Kier alpha value is -2.42. The second-order valence-corrected chi connectivity index (χ2v) is 10.2. The molecule has 1 N–H and O–H groups in total. The van der Waals surface area contributed by atoms with Crippen LogP contribution in [0.5, 0.6) is 0 Å². The Kier molecular flexibility index (Phi) is 12.1. The average molecular weight is 476 g/mol. The molecule has 0 saturated carbocycles. The van der Waals surface area contributed by atoms with Crippen LogP contribution in [-0.4, -0.2) is 18.1 Å². The van der Waals surface area contributed by atoms with Gasteiger partial charge in [-0.2, -0.15) is 0 Å². The minimum atomic E-state index is -0.0544. The Labute approximate surface area is 213 Å². The summed E-state index contributed by atoms with van der Waals surface area (Å²) in [6.45, 7) is 3.11. The van der Waals surface area contributed by atoms with Crippen LogP contribution in [0.15, 0.2) is 42.5 Å². The molecule has 0 saturated heterocycles. The Balaban J connectivity index is 1.24. The molecule has 35 heavy (non-hydrogen) atoms. The fourth-order valence-corrected chi connectivity index (χ4v) is 5.19. The molecular weight excluding hydrogens is 430 g/mol. The number of anilines is 1. The van der Waals surface area contributed by atoms with Crippen molar-refractivity contribution < 1.29 is 9.59 Å². The molecule has 0 bridgehead atoms. The maximum atomic E-state index is 13.1. The summed E-state index contributed by atoms with van der Waals surface area (Å²) < 4.78 is 0. The molecular formula is C32H45NO2. The van der Waals surface area contributed by atoms with Crippen molar-refractivity contribution in [3.05, 3.63) is 64.7 Å². The van der Waals surface area contributed by atoms with Gasteiger partial charge in [-0.3, -0.25) is 9.59 Å². The maximum Gasteiger partial charge on any atom is 0.196 e. The molecule has 0 unspecified atom stereocenters. The first kappa shape index (κ1) is 27.2. The summed E-state index contributed by atoms with van der Waals surface area (Å²) >= 11 is 0. The lowest BCUT2D eigenvalue weighted by atomic mass is 9.83. The third-order valence-electron chi connectivity index (χ3n) is 7.30. The van der Waals surface area contributed by atoms with E-state index in [9.17, 15) is 9.59 Å². The van der Waals surface area contributed by atoms with Crippen molar-refractivity contribution in [3.63, 3.8) is 0 Å². The second kappa shape index (κ2) is 15.5. The Morgan fingerprint density at radius 1 is 0.514 bits per heavy atom. The zero-order valence-electron chi connectivity index (χ0n) is 21.9. The van der Waals surface area contributed by atoms with Crippen LogP contribution in [0.4, 0.5) is 5.69 Å². The minimum Gasteiger partial charge on any atom is -0.384 e. The van der Waals surface area contributed by atoms with Gasteiger partial charge >= 0.3 is 0 Å². The van der Waals surface area contributed by atoms with E-state index in [2.05, 4.69) is 12.2 Å². The van der Waals surface area contributed by atoms with Crippen LogP contribution in [0, 0.1) is 0 Å². The Morgan fingerprint density at radius 2 is 0.971 bits per heavy atom. The normalized spacial score (nSPS) is 12.5. The molecule has 3 nitrogen and oxygen atoms in total. The van der Waals surface area contributed by atoms with Crippen molar-refractivity contribution in [1.82, 2.24) is 0 Å². The van der Waals surface area contributed by atoms with Crippen LogP contribution in [0.1, 0.15) is 141 Å². The van der Waals surface area contributed by atoms with Gasteiger partial charge in [-0.25, -0.2) is 0 Å². The number of rotatable bonds is 18. The first-order valence-electron chi connectivity index (χ1n) is 14.3. The van der Waals surface area contributed by atoms with Crippen LogP contribution in [0.2, 0.25) is 0 Å². The third kappa shape index (κ3) is 8.33. The number of hydrogen-bond donors (Lipinski definition) is 1. The quantitative estimate of drug-likeness (QED) is 0.187. The second-order valence-electron chi connectivity index (χ2n) is 10.2. The molecule has 1 aliphatic rings. The molecule has 0 radical (unpaired) electrons. The number of benzene rings is 2. The molecule has 0 amide bonds. The molecule has 0 heterocycles. The number of hydrogen-bond acceptors (Lipinski definition) is 3. The molecule has 3 rings (SSSR count). The summed E-state index contributed by atoms with van der Waals surface area (Å²) in [5.74, 6) is -0.105. The maximum absolute atomic E-state index is 13.1. The number of ketones is 2. The van der Waals surface area contributed by atoms with Gasteiger partial charge in [0.15, 0.2) is 11.6 Å². The molecule has 190 valence electrons. The van der Waals surface area contributed by atoms with E-state index < -0.39 is 0 Å². The number of carbonyl (C=O) groups excluding carboxylic acids is 2. The SMILES string of the molecule is CCCCCCCCCCCCCCCCCCNc1cccc2c1C(=O)c1ccccc1C2=O. The van der Waals surface area contributed by atoms with E-state index in [1.165, 1.54) is 96.3 Å². The van der Waals surface area contributed by atoms with Crippen LogP contribution in [0.25, 0.3) is 0 Å². The van der Waals surface area contributed by atoms with Crippen LogP contribution >= 0.6 is 0 Å². The van der Waals surface area contributed by atoms with Gasteiger partial charge in [0.2, 0.25) is 0 Å². The van der Waals surface area contributed by atoms with Gasteiger partial charge in [-0.1, -0.05) is 140 Å². The fourth-order valence-electron chi connectivity index (χ4n) is 5.19. The highest BCUT2D eigenvalue weighted by atomic mass is 16.1. The van der Waals surface area contributed by atoms with Gasteiger partial charge in [0.1, 0.15) is 0 Å². The molecule has 2 aromatic carbocycles. The van der Waals surface area contributed by atoms with Crippen LogP contribution in [0.3, 0.4) is 0 Å². The van der Waals surface area contributed by atoms with E-state index in [1.807, 2.05) is 24.3 Å². The summed E-state index contributed by atoms with van der Waals surface area (Å²) in [5, 5.41) is 3.43. The van der Waals surface area contributed by atoms with Crippen molar-refractivity contribution >= 4 is 17.3 Å². The lowest BCUT2D eigenvalue weighted by molar-refractivity contribution is 0.0979. The van der Waals surface area contributed by atoms with Crippen molar-refractivity contribution in [2.75, 3.05) is 11.9 Å². The smallest absolute Gasteiger partial charge is 0.196 e. The first-order valence-corrected chi connectivity index (χ1v) is 14.3. The van der Waals surface area contributed by atoms with E-state index in [0.29, 0.717) is 22.3 Å². The molecule has 0 aliphatic heterocycles. The lowest BCUT2D eigenvalue weighted by Crippen LogP contribution is -2.22. The number of unbranched alkanes of at least 4 members (excludes halogenated alkanes) is 15. The highest BCUT2D eigenvalue weighted by Crippen LogP contribution is 2.31. The number of nitrogens with one attached hydrogen (secondary N) is 1. The molecule has 1 aliphatic carbocycles. The van der Waals surface area contributed by atoms with Gasteiger partial charge in [0.25, 0.3) is 0 Å². The van der Waals surface area contributed by atoms with Crippen molar-refractivity contribution in [1.29, 1.82) is 0 Å². The third-order valence-corrected chi connectivity index (χ3v) is 7.30. The molecule has 0 fully saturated rings. The first-order chi connectivity index (χ1) is 17.2. The largest absolute Gasteiger partial charge is 0.384 e. The van der Waals surface area contributed by atoms with Crippen molar-refractivity contribution in [2.24, 2.45) is 0 Å². The summed E-state index contributed by atoms with van der Waals surface area (Å²) in [4.78, 5) is 25.9. The molecule has 0 spiro atoms. The summed E-state index contributed by atoms with van der Waals surface area (Å²) in [6, 6.07) is 12.7. The average Bonchev–Trinajstić information content (AvgIpc) is 2.89. The monoisotopic (exact) mass is 475 g/mol. The van der Waals surface area contributed by atoms with Gasteiger partial charge in [0, 0.05) is 28.9 Å². The van der Waals surface area contributed by atoms with E-state index in [0.717, 1.165) is 18.7 Å². The zero-order chi connectivity index (χ0) is 24.7. The van der Waals surface area contributed by atoms with E-state index in [1.54, 1.807) is 18.2 Å². The molecule has 3 heteroatoms. The van der Waals surface area contributed by atoms with Crippen LogP contribution < -0.4 is 5.32 Å². The number of fused-ring (bicyclic) bond motifs is 2. The predicted molar refractivity (Wildman–Crippen MR) is 148 cm³/mol. The van der Waals surface area contributed by atoms with Crippen LogP contribution in [-0.2, 0) is 0 Å². The van der Waals surface area contributed by atoms with E-state index >= 15 is 0 Å². The predicted octanol–water partition coefficient (Wildman–Crippen LogP) is 9.14. The Bertz CT molecular complexity index is 933. The van der Waals surface area contributed by atoms with Crippen molar-refractivity contribution in [2.45, 2.75) is 110 Å². The lowest BCUT2D eigenvalue weighted by Gasteiger charge is -2.20. The van der Waals surface area contributed by atoms with Gasteiger partial charge in [-0.15, -0.1) is 0 Å². The van der Waals surface area contributed by atoms with Gasteiger partial charge in [-0.05, 0) is 12.5 Å². The molecule has 0 atom stereocenters. The van der Waals surface area contributed by atoms with Gasteiger partial charge in [0.05, 0.1) is 5.56 Å².